The molecule has 11 heavy (non-hydrogen) atoms. The highest BCUT2D eigenvalue weighted by molar-refractivity contribution is 14.2. The Hall–Kier alpha value is -0.160. The third kappa shape index (κ3) is 1.70. The lowest BCUT2D eigenvalue weighted by molar-refractivity contribution is 1.68. The molecule has 0 aromatic heterocycles. The zero-order valence-electron chi connectivity index (χ0n) is 5.70. The van der Waals surface area contributed by atoms with Crippen LogP contribution in [0.2, 0.25) is 0 Å². The molecule has 1 aliphatic rings. The molecule has 1 heterocycles. The highest BCUT2D eigenvalue weighted by Crippen LogP contribution is 2.29. The third-order valence-electron chi connectivity index (χ3n) is 1.37. The van der Waals surface area contributed by atoms with E-state index < -0.39 is 0 Å². The maximum Gasteiger partial charge on any atom is 0.0501 e. The van der Waals surface area contributed by atoms with Gasteiger partial charge in [-0.25, -0.2) is 4.40 Å². The fraction of sp³-hybridized carbons (Fsp3) is 0. The molecular formula is C8H6INS. The van der Waals surface area contributed by atoms with Gasteiger partial charge in [-0.15, -0.1) is 0 Å². The van der Waals surface area contributed by atoms with Crippen LogP contribution in [0.4, 0.5) is 0 Å². The van der Waals surface area contributed by atoms with Gasteiger partial charge in [0.05, 0.1) is 6.21 Å². The predicted octanol–water partition coefficient (Wildman–Crippen LogP) is 2.83. The van der Waals surface area contributed by atoms with Crippen LogP contribution >= 0.6 is 28.5 Å². The van der Waals surface area contributed by atoms with Gasteiger partial charge in [-0.3, -0.25) is 0 Å². The molecule has 0 fully saturated rings. The van der Waals surface area contributed by atoms with Crippen LogP contribution in [0.5, 0.6) is 0 Å². The van der Waals surface area contributed by atoms with Crippen molar-refractivity contribution in [2.75, 3.05) is 0 Å². The largest absolute Gasteiger partial charge is 0.213 e. The Morgan fingerprint density at radius 3 is 2.64 bits per heavy atom. The van der Waals surface area contributed by atoms with Crippen LogP contribution in [0.15, 0.2) is 34.7 Å². The number of hydrogen-bond donors (Lipinski definition) is 0. The normalized spacial score (nSPS) is 15.8. The first kappa shape index (κ1) is 7.49. The van der Waals surface area contributed by atoms with Gasteiger partial charge >= 0.3 is 0 Å². The Labute approximate surface area is 78.3 Å². The molecule has 0 aliphatic carbocycles. The van der Waals surface area contributed by atoms with Crippen molar-refractivity contribution < 1.29 is 0 Å². The first-order valence-corrected chi connectivity index (χ1v) is 7.63. The van der Waals surface area contributed by atoms with Gasteiger partial charge in [0, 0.05) is 12.6 Å². The molecule has 1 aromatic carbocycles. The van der Waals surface area contributed by atoms with E-state index in [1.54, 1.807) is 9.12 Å². The van der Waals surface area contributed by atoms with Crippen LogP contribution in [-0.4, -0.2) is 9.72 Å². The molecule has 3 heteroatoms. The maximum atomic E-state index is 4.14. The number of halogens is 1. The summed E-state index contributed by atoms with van der Waals surface area (Å²) in [5, 5.41) is 0. The molecular weight excluding hydrogens is 269 g/mol. The van der Waals surface area contributed by atoms with Crippen molar-refractivity contribution in [1.29, 1.82) is 0 Å². The Balaban J connectivity index is 2.37. The van der Waals surface area contributed by atoms with Crippen LogP contribution in [0.25, 0.3) is 0 Å². The minimum absolute atomic E-state index is 0.109. The summed E-state index contributed by atoms with van der Waals surface area (Å²) in [6.45, 7) is 0. The van der Waals surface area contributed by atoms with E-state index in [2.05, 4.69) is 28.7 Å². The molecule has 0 radical (unpaired) electrons. The van der Waals surface area contributed by atoms with E-state index in [4.69, 9.17) is 0 Å². The number of hydrogen-bond acceptors (Lipinski definition) is 2. The van der Waals surface area contributed by atoms with E-state index in [1.807, 2.05) is 12.3 Å². The summed E-state index contributed by atoms with van der Waals surface area (Å²) in [6.07, 6.45) is 1.99. The highest BCUT2D eigenvalue weighted by Gasteiger charge is 2.01. The van der Waals surface area contributed by atoms with Crippen molar-refractivity contribution in [3.05, 3.63) is 35.9 Å². The molecule has 1 aliphatic heterocycles. The second-order valence-electron chi connectivity index (χ2n) is 2.09. The van der Waals surface area contributed by atoms with Crippen LogP contribution < -0.4 is 0 Å². The first-order chi connectivity index (χ1) is 5.47. The zero-order valence-corrected chi connectivity index (χ0v) is 8.67. The topological polar surface area (TPSA) is 12.4 Å². The van der Waals surface area contributed by atoms with Gasteiger partial charge in [0.15, 0.2) is 0 Å². The first-order valence-electron chi connectivity index (χ1n) is 3.23. The molecule has 0 N–H and O–H groups in total. The number of nitrogens with zero attached hydrogens (tertiary/aromatic N) is 1. The van der Waals surface area contributed by atoms with Gasteiger partial charge in [0.1, 0.15) is 0 Å². The summed E-state index contributed by atoms with van der Waals surface area (Å²) in [5.74, 6) is 0. The van der Waals surface area contributed by atoms with Crippen molar-refractivity contribution in [2.24, 2.45) is 4.40 Å². The minimum atomic E-state index is 0.109. The van der Waals surface area contributed by atoms with Crippen molar-refractivity contribution in [1.82, 2.24) is 0 Å². The molecule has 0 spiro atoms. The second-order valence-corrected chi connectivity index (χ2v) is 6.26. The van der Waals surface area contributed by atoms with Crippen LogP contribution in [0, 0.1) is 0 Å². The lowest BCUT2D eigenvalue weighted by Gasteiger charge is -1.93. The average molecular weight is 275 g/mol. The molecule has 2 rings (SSSR count). The molecule has 0 atom stereocenters. The van der Waals surface area contributed by atoms with E-state index in [0.717, 1.165) is 0 Å². The minimum Gasteiger partial charge on any atom is -0.213 e. The Kier molecular flexibility index (Phi) is 2.38. The average Bonchev–Trinajstić information content (AvgIpc) is 2.58. The van der Waals surface area contributed by atoms with Crippen molar-refractivity contribution >= 4 is 38.2 Å². The Morgan fingerprint density at radius 2 is 2.00 bits per heavy atom. The number of rotatable bonds is 1. The molecule has 0 amide bonds. The molecule has 0 unspecified atom stereocenters. The van der Waals surface area contributed by atoms with Gasteiger partial charge in [-0.1, -0.05) is 30.3 Å². The standard InChI is InChI=1S/C8H6INS/c1-2-4-7(5-3-1)8-6-10-11-9-8/h1-6H. The monoisotopic (exact) mass is 275 g/mol. The molecule has 1 aromatic rings. The second kappa shape index (κ2) is 3.49. The smallest absolute Gasteiger partial charge is 0.0501 e. The summed E-state index contributed by atoms with van der Waals surface area (Å²) >= 11 is 0.109. The molecule has 0 saturated carbocycles. The van der Waals surface area contributed by atoms with Crippen LogP contribution in [0.3, 0.4) is 0 Å². The molecule has 0 bridgehead atoms. The molecule has 56 valence electrons. The summed E-state index contributed by atoms with van der Waals surface area (Å²) < 4.78 is 5.58. The summed E-state index contributed by atoms with van der Waals surface area (Å²) in [7, 11) is 1.72. The Morgan fingerprint density at radius 1 is 1.18 bits per heavy atom. The van der Waals surface area contributed by atoms with Crippen molar-refractivity contribution in [3.63, 3.8) is 0 Å². The highest BCUT2D eigenvalue weighted by atomic mass is 127. The van der Waals surface area contributed by atoms with Gasteiger partial charge in [-0.2, -0.15) is 0 Å². The maximum absolute atomic E-state index is 4.14. The van der Waals surface area contributed by atoms with E-state index in [9.17, 15) is 0 Å². The summed E-state index contributed by atoms with van der Waals surface area (Å²) in [6, 6.07) is 10.5. The quantitative estimate of drug-likeness (QED) is 0.567. The van der Waals surface area contributed by atoms with Crippen molar-refractivity contribution in [2.45, 2.75) is 0 Å². The predicted molar refractivity (Wildman–Crippen MR) is 60.7 cm³/mol. The summed E-state index contributed by atoms with van der Waals surface area (Å²) in [5.41, 5.74) is 1.34. The third-order valence-corrected chi connectivity index (χ3v) is 5.39. The lowest BCUT2D eigenvalue weighted by Crippen LogP contribution is -1.94. The van der Waals surface area contributed by atoms with Gasteiger partial charge in [0.25, 0.3) is 0 Å². The van der Waals surface area contributed by atoms with Crippen LogP contribution in [0.1, 0.15) is 5.56 Å². The van der Waals surface area contributed by atoms with Gasteiger partial charge in [0.2, 0.25) is 0 Å². The van der Waals surface area contributed by atoms with E-state index in [0.29, 0.717) is 0 Å². The van der Waals surface area contributed by atoms with Crippen LogP contribution in [-0.2, 0) is 0 Å². The van der Waals surface area contributed by atoms with Gasteiger partial charge < -0.3 is 0 Å². The lowest BCUT2D eigenvalue weighted by atomic mass is 10.2. The van der Waals surface area contributed by atoms with E-state index in [1.165, 1.54) is 9.07 Å². The SMILES string of the molecule is C1=NSI=C1c1ccccc1. The summed E-state index contributed by atoms with van der Waals surface area (Å²) in [4.78, 5) is 0. The fourth-order valence-corrected chi connectivity index (χ4v) is 4.36. The molecule has 1 nitrogen and oxygen atoms in total. The van der Waals surface area contributed by atoms with Gasteiger partial charge in [-0.05, 0) is 24.9 Å². The number of benzene rings is 1. The zero-order chi connectivity index (χ0) is 7.52. The fourth-order valence-electron chi connectivity index (χ4n) is 0.860. The van der Waals surface area contributed by atoms with Crippen molar-refractivity contribution in [3.8, 4) is 0 Å². The Bertz CT molecular complexity index is 305. The van der Waals surface area contributed by atoms with E-state index in [-0.39, 0.29) is 19.3 Å². The van der Waals surface area contributed by atoms with E-state index >= 15 is 0 Å². The molecule has 0 saturated heterocycles.